The average Bonchev–Trinajstić information content (AvgIpc) is 4.14. The van der Waals surface area contributed by atoms with Gasteiger partial charge in [-0.05, 0) is 90.0 Å². The van der Waals surface area contributed by atoms with E-state index in [9.17, 15) is 0 Å². The molecule has 0 amide bonds. The SMILES string of the molecule is c1ccc(-c2cccc3c2sc2nc4ccccc4n23)c(-c2ccccc2-n2c3ccc(-n4c5ccccc5n5c6ccccc6nc45)cc3n3c4ccccc4nc23)c1. The van der Waals surface area contributed by atoms with Crippen molar-refractivity contribution >= 4 is 93.2 Å². The Bertz CT molecular complexity index is 4090. The number of para-hydroxylation sites is 9. The summed E-state index contributed by atoms with van der Waals surface area (Å²) in [6.07, 6.45) is 0. The van der Waals surface area contributed by atoms with Crippen molar-refractivity contribution in [2.24, 2.45) is 0 Å². The van der Waals surface area contributed by atoms with Crippen LogP contribution in [-0.4, -0.2) is 37.3 Å². The highest BCUT2D eigenvalue weighted by molar-refractivity contribution is 7.24. The molecule has 0 spiro atoms. The van der Waals surface area contributed by atoms with Crippen molar-refractivity contribution in [1.29, 1.82) is 0 Å². The van der Waals surface area contributed by atoms with E-state index in [2.05, 4.69) is 204 Å². The van der Waals surface area contributed by atoms with Crippen LogP contribution >= 0.6 is 11.3 Å². The van der Waals surface area contributed by atoms with Gasteiger partial charge in [-0.25, -0.2) is 15.0 Å². The fraction of sp³-hybridized carbons (Fsp3) is 0. The monoisotopic (exact) mass is 786 g/mol. The average molecular weight is 787 g/mol. The molecule has 0 saturated carbocycles. The first-order valence-electron chi connectivity index (χ1n) is 20.1. The Hall–Kier alpha value is -8.01. The lowest BCUT2D eigenvalue weighted by atomic mass is 9.93. The van der Waals surface area contributed by atoms with Crippen molar-refractivity contribution in [3.05, 3.63) is 182 Å². The molecule has 6 aromatic heterocycles. The van der Waals surface area contributed by atoms with E-state index >= 15 is 0 Å². The second kappa shape index (κ2) is 11.8. The van der Waals surface area contributed by atoms with E-state index in [1.807, 2.05) is 0 Å². The minimum Gasteiger partial charge on any atom is -0.283 e. The molecule has 0 fully saturated rings. The lowest BCUT2D eigenvalue weighted by molar-refractivity contribution is 1.11. The molecule has 14 rings (SSSR count). The summed E-state index contributed by atoms with van der Waals surface area (Å²) in [6, 6.07) is 64.7. The molecule has 0 aliphatic heterocycles. The van der Waals surface area contributed by atoms with Crippen molar-refractivity contribution in [2.75, 3.05) is 0 Å². The van der Waals surface area contributed by atoms with Gasteiger partial charge in [0, 0.05) is 11.1 Å². The Balaban J connectivity index is 1.02. The summed E-state index contributed by atoms with van der Waals surface area (Å²) in [4.78, 5) is 16.5. The molecular formula is C51H30N8S. The first kappa shape index (κ1) is 32.0. The summed E-state index contributed by atoms with van der Waals surface area (Å²) in [5.74, 6) is 1.74. The van der Waals surface area contributed by atoms with Crippen LogP contribution in [0.3, 0.4) is 0 Å². The van der Waals surface area contributed by atoms with Crippen LogP contribution < -0.4 is 0 Å². The number of benzene rings is 8. The molecular weight excluding hydrogens is 757 g/mol. The molecule has 0 bridgehead atoms. The summed E-state index contributed by atoms with van der Waals surface area (Å²) >= 11 is 1.75. The van der Waals surface area contributed by atoms with Gasteiger partial charge in [0.05, 0.1) is 76.8 Å². The number of hydrogen-bond donors (Lipinski definition) is 0. The topological polar surface area (TPSA) is 61.8 Å². The van der Waals surface area contributed by atoms with Crippen LogP contribution in [0, 0.1) is 0 Å². The predicted molar refractivity (Wildman–Crippen MR) is 245 cm³/mol. The highest BCUT2D eigenvalue weighted by Gasteiger charge is 2.24. The van der Waals surface area contributed by atoms with Gasteiger partial charge < -0.3 is 0 Å². The number of aromatic nitrogens is 8. The van der Waals surface area contributed by atoms with E-state index in [0.29, 0.717) is 0 Å². The maximum atomic E-state index is 5.34. The van der Waals surface area contributed by atoms with Crippen LogP contribution in [0.2, 0.25) is 0 Å². The normalized spacial score (nSPS) is 12.3. The van der Waals surface area contributed by atoms with Crippen molar-refractivity contribution in [1.82, 2.24) is 37.3 Å². The fourth-order valence-corrected chi connectivity index (χ4v) is 10.8. The van der Waals surface area contributed by atoms with E-state index in [1.54, 1.807) is 11.3 Å². The number of rotatable bonds is 4. The minimum atomic E-state index is 0.857. The highest BCUT2D eigenvalue weighted by atomic mass is 32.1. The largest absolute Gasteiger partial charge is 0.283 e. The molecule has 0 N–H and O–H groups in total. The second-order valence-electron chi connectivity index (χ2n) is 15.3. The molecule has 9 heteroatoms. The highest BCUT2D eigenvalue weighted by Crippen LogP contribution is 2.43. The maximum Gasteiger partial charge on any atom is 0.220 e. The molecule has 8 aromatic carbocycles. The van der Waals surface area contributed by atoms with Crippen LogP contribution in [0.5, 0.6) is 0 Å². The molecule has 0 aliphatic carbocycles. The third kappa shape index (κ3) is 4.20. The third-order valence-corrected chi connectivity index (χ3v) is 13.2. The Morgan fingerprint density at radius 2 is 0.833 bits per heavy atom. The van der Waals surface area contributed by atoms with Crippen LogP contribution in [0.15, 0.2) is 182 Å². The number of nitrogens with zero attached hydrogens (tertiary/aromatic N) is 8. The van der Waals surface area contributed by atoms with Gasteiger partial charge in [0.15, 0.2) is 4.96 Å². The molecule has 0 aliphatic rings. The third-order valence-electron chi connectivity index (χ3n) is 12.2. The zero-order valence-corrected chi connectivity index (χ0v) is 32.6. The summed E-state index contributed by atoms with van der Waals surface area (Å²) in [5.41, 5.74) is 18.4. The Labute approximate surface area is 344 Å². The Morgan fingerprint density at radius 1 is 0.333 bits per heavy atom. The number of hydrogen-bond acceptors (Lipinski definition) is 4. The van der Waals surface area contributed by atoms with E-state index in [1.165, 1.54) is 21.3 Å². The van der Waals surface area contributed by atoms with Crippen LogP contribution in [-0.2, 0) is 0 Å². The smallest absolute Gasteiger partial charge is 0.220 e. The standard InChI is InChI=1S/C51H30N8S/c1-2-15-33(35-17-13-27-46-48(35)60-51-54-38-20-6-10-24-42(38)59(46)51)32(14-1)34-16-3-7-21-39(34)56-45-29-28-31(30-47(45)58-41-23-9-5-19-37(41)53-50(56)58)55-43-25-11-12-26-44(43)57-40-22-8-4-18-36(40)52-49(55)57/h1-30H. The van der Waals surface area contributed by atoms with Gasteiger partial charge in [-0.15, -0.1) is 0 Å². The van der Waals surface area contributed by atoms with E-state index in [4.69, 9.17) is 15.0 Å². The summed E-state index contributed by atoms with van der Waals surface area (Å²) < 4.78 is 12.7. The maximum absolute atomic E-state index is 5.34. The molecule has 0 saturated heterocycles. The van der Waals surface area contributed by atoms with Gasteiger partial charge in [0.25, 0.3) is 0 Å². The second-order valence-corrected chi connectivity index (χ2v) is 16.3. The molecule has 280 valence electrons. The molecule has 8 nitrogen and oxygen atoms in total. The van der Waals surface area contributed by atoms with Crippen molar-refractivity contribution in [2.45, 2.75) is 0 Å². The molecule has 0 radical (unpaired) electrons. The quantitative estimate of drug-likeness (QED) is 0.178. The van der Waals surface area contributed by atoms with Crippen molar-refractivity contribution in [3.8, 4) is 33.6 Å². The number of imidazole rings is 5. The van der Waals surface area contributed by atoms with Crippen LogP contribution in [0.25, 0.3) is 116 Å². The lowest BCUT2D eigenvalue weighted by Crippen LogP contribution is -1.99. The molecule has 60 heavy (non-hydrogen) atoms. The number of fused-ring (bicyclic) bond motifs is 15. The molecule has 0 unspecified atom stereocenters. The van der Waals surface area contributed by atoms with Gasteiger partial charge in [-0.3, -0.25) is 22.3 Å². The van der Waals surface area contributed by atoms with Crippen LogP contribution in [0.1, 0.15) is 0 Å². The first-order chi connectivity index (χ1) is 29.8. The van der Waals surface area contributed by atoms with E-state index in [-0.39, 0.29) is 0 Å². The van der Waals surface area contributed by atoms with Gasteiger partial charge in [0.1, 0.15) is 0 Å². The van der Waals surface area contributed by atoms with Gasteiger partial charge in [0.2, 0.25) is 11.6 Å². The minimum absolute atomic E-state index is 0.857. The summed E-state index contributed by atoms with van der Waals surface area (Å²) in [6.45, 7) is 0. The fourth-order valence-electron chi connectivity index (χ4n) is 9.64. The van der Waals surface area contributed by atoms with Crippen LogP contribution in [0.4, 0.5) is 0 Å². The zero-order chi connectivity index (χ0) is 39.1. The molecule has 14 aromatic rings. The zero-order valence-electron chi connectivity index (χ0n) is 31.8. The van der Waals surface area contributed by atoms with Gasteiger partial charge in [-0.2, -0.15) is 0 Å². The molecule has 6 heterocycles. The van der Waals surface area contributed by atoms with Gasteiger partial charge >= 0.3 is 0 Å². The van der Waals surface area contributed by atoms with E-state index in [0.717, 1.165) is 94.2 Å². The lowest BCUT2D eigenvalue weighted by Gasteiger charge is -2.16. The Morgan fingerprint density at radius 3 is 1.57 bits per heavy atom. The van der Waals surface area contributed by atoms with E-state index < -0.39 is 0 Å². The summed E-state index contributed by atoms with van der Waals surface area (Å²) in [5, 5.41) is 0. The Kier molecular flexibility index (Phi) is 6.29. The molecule has 0 atom stereocenters. The van der Waals surface area contributed by atoms with Crippen molar-refractivity contribution in [3.63, 3.8) is 0 Å². The number of thiazole rings is 1. The van der Waals surface area contributed by atoms with Gasteiger partial charge in [-0.1, -0.05) is 114 Å². The summed E-state index contributed by atoms with van der Waals surface area (Å²) in [7, 11) is 0. The predicted octanol–water partition coefficient (Wildman–Crippen LogP) is 12.5. The van der Waals surface area contributed by atoms with Crippen molar-refractivity contribution < 1.29 is 0 Å². The first-order valence-corrected chi connectivity index (χ1v) is 20.9.